The molecule has 1 aliphatic heterocycles. The molecule has 1 fully saturated rings. The van der Waals surface area contributed by atoms with Gasteiger partial charge in [-0.1, -0.05) is 12.1 Å². The molecular formula is C22H25N7O. The van der Waals surface area contributed by atoms with Crippen LogP contribution in [0.25, 0.3) is 22.2 Å². The first-order chi connectivity index (χ1) is 14.7. The molecule has 0 amide bonds. The van der Waals surface area contributed by atoms with Gasteiger partial charge in [0.25, 0.3) is 0 Å². The lowest BCUT2D eigenvalue weighted by atomic mass is 10.0. The van der Waals surface area contributed by atoms with Crippen molar-refractivity contribution in [3.8, 4) is 16.9 Å². The van der Waals surface area contributed by atoms with Gasteiger partial charge in [0.05, 0.1) is 11.7 Å². The summed E-state index contributed by atoms with van der Waals surface area (Å²) in [6.45, 7) is 4.07. The van der Waals surface area contributed by atoms with Crippen LogP contribution < -0.4 is 5.73 Å². The van der Waals surface area contributed by atoms with Gasteiger partial charge in [-0.2, -0.15) is 0 Å². The van der Waals surface area contributed by atoms with E-state index in [1.54, 1.807) is 12.1 Å². The van der Waals surface area contributed by atoms with Crippen molar-refractivity contribution in [1.29, 1.82) is 0 Å². The number of phenolic OH excluding ortho intramolecular Hbond substituents is 1. The fraction of sp³-hybridized carbons (Fsp3) is 0.318. The van der Waals surface area contributed by atoms with E-state index in [4.69, 9.17) is 5.73 Å². The van der Waals surface area contributed by atoms with Crippen LogP contribution in [0.4, 0.5) is 5.82 Å². The number of aromatic nitrogens is 5. The molecule has 1 saturated heterocycles. The first-order valence-electron chi connectivity index (χ1n) is 10.3. The van der Waals surface area contributed by atoms with Crippen molar-refractivity contribution in [1.82, 2.24) is 29.0 Å². The number of hydrogen-bond acceptors (Lipinski definition) is 6. The molecule has 30 heavy (non-hydrogen) atoms. The summed E-state index contributed by atoms with van der Waals surface area (Å²) < 4.78 is 4.37. The normalized spacial score (nSPS) is 15.7. The molecular weight excluding hydrogens is 378 g/mol. The molecule has 1 aromatic carbocycles. The summed E-state index contributed by atoms with van der Waals surface area (Å²) in [6, 6.07) is 7.60. The molecule has 1 aliphatic rings. The van der Waals surface area contributed by atoms with Gasteiger partial charge in [-0.3, -0.25) is 0 Å². The smallest absolute Gasteiger partial charge is 0.146 e. The molecule has 154 valence electrons. The van der Waals surface area contributed by atoms with Crippen LogP contribution in [0, 0.1) is 0 Å². The summed E-state index contributed by atoms with van der Waals surface area (Å²) in [5.41, 5.74) is 8.97. The maximum atomic E-state index is 9.94. The number of fused-ring (bicyclic) bond motifs is 1. The van der Waals surface area contributed by atoms with Gasteiger partial charge in [0, 0.05) is 56.4 Å². The molecule has 4 heterocycles. The quantitative estimate of drug-likeness (QED) is 0.532. The van der Waals surface area contributed by atoms with E-state index in [9.17, 15) is 5.11 Å². The van der Waals surface area contributed by atoms with E-state index < -0.39 is 0 Å². The maximum absolute atomic E-state index is 9.94. The van der Waals surface area contributed by atoms with Crippen LogP contribution in [0.1, 0.15) is 18.9 Å². The number of anilines is 1. The third-order valence-electron chi connectivity index (χ3n) is 5.98. The molecule has 0 aliphatic carbocycles. The average Bonchev–Trinajstić information content (AvgIpc) is 3.41. The summed E-state index contributed by atoms with van der Waals surface area (Å²) in [7, 11) is 0. The Hall–Kier alpha value is -3.39. The lowest BCUT2D eigenvalue weighted by Gasteiger charge is -2.32. The molecule has 3 N–H and O–H groups in total. The molecule has 4 aromatic rings. The van der Waals surface area contributed by atoms with Gasteiger partial charge in [-0.15, -0.1) is 0 Å². The van der Waals surface area contributed by atoms with Crippen LogP contribution in [-0.4, -0.2) is 53.7 Å². The fourth-order valence-corrected chi connectivity index (χ4v) is 4.38. The number of imidazole rings is 1. The number of piperidine rings is 1. The van der Waals surface area contributed by atoms with E-state index in [2.05, 4.69) is 35.2 Å². The van der Waals surface area contributed by atoms with Crippen molar-refractivity contribution in [3.63, 3.8) is 0 Å². The first kappa shape index (κ1) is 18.6. The summed E-state index contributed by atoms with van der Waals surface area (Å²) in [4.78, 5) is 15.4. The average molecular weight is 403 g/mol. The number of benzene rings is 1. The predicted octanol–water partition coefficient (Wildman–Crippen LogP) is 2.92. The van der Waals surface area contributed by atoms with Crippen molar-refractivity contribution in [2.24, 2.45) is 0 Å². The van der Waals surface area contributed by atoms with E-state index in [-0.39, 0.29) is 5.75 Å². The first-order valence-corrected chi connectivity index (χ1v) is 10.3. The predicted molar refractivity (Wildman–Crippen MR) is 116 cm³/mol. The molecule has 0 bridgehead atoms. The Kier molecular flexibility index (Phi) is 4.84. The monoisotopic (exact) mass is 403 g/mol. The number of nitrogens with two attached hydrogens (primary N) is 1. The third kappa shape index (κ3) is 3.50. The summed E-state index contributed by atoms with van der Waals surface area (Å²) in [6.07, 6.45) is 11.4. The third-order valence-corrected chi connectivity index (χ3v) is 5.98. The molecule has 0 unspecified atom stereocenters. The van der Waals surface area contributed by atoms with Gasteiger partial charge >= 0.3 is 0 Å². The van der Waals surface area contributed by atoms with Crippen LogP contribution in [-0.2, 0) is 6.54 Å². The molecule has 5 rings (SSSR count). The molecule has 0 radical (unpaired) electrons. The highest BCUT2D eigenvalue weighted by Crippen LogP contribution is 2.37. The minimum atomic E-state index is 0.232. The second-order valence-corrected chi connectivity index (χ2v) is 7.83. The Balaban J connectivity index is 1.39. The second-order valence-electron chi connectivity index (χ2n) is 7.83. The Labute approximate surface area is 174 Å². The lowest BCUT2D eigenvalue weighted by Crippen LogP contribution is -2.36. The number of rotatable bonds is 5. The van der Waals surface area contributed by atoms with Crippen LogP contribution in [0.15, 0.2) is 55.5 Å². The van der Waals surface area contributed by atoms with Gasteiger partial charge < -0.3 is 24.9 Å². The number of phenols is 1. The van der Waals surface area contributed by atoms with E-state index >= 15 is 0 Å². The standard InChI is InChI=1S/C22H25N7O/c23-21-20-19(16-2-1-3-18(30)12-16)13-29(22(20)26-14-25-21)17-4-7-27(8-5-17)10-11-28-9-6-24-15-28/h1-3,6,9,12-15,17,30H,4-5,7-8,10-11H2,(H2,23,25,26). The van der Waals surface area contributed by atoms with Gasteiger partial charge in [0.15, 0.2) is 0 Å². The minimum absolute atomic E-state index is 0.232. The number of likely N-dealkylation sites (tertiary alicyclic amines) is 1. The van der Waals surface area contributed by atoms with E-state index in [1.807, 2.05) is 30.9 Å². The number of hydrogen-bond donors (Lipinski definition) is 2. The lowest BCUT2D eigenvalue weighted by molar-refractivity contribution is 0.183. The SMILES string of the molecule is Nc1ncnc2c1c(-c1cccc(O)c1)cn2C1CCN(CCn2ccnc2)CC1. The molecule has 3 aromatic heterocycles. The van der Waals surface area contributed by atoms with Gasteiger partial charge in [-0.05, 0) is 30.5 Å². The second kappa shape index (κ2) is 7.79. The van der Waals surface area contributed by atoms with Crippen molar-refractivity contribution in [3.05, 3.63) is 55.5 Å². The zero-order valence-electron chi connectivity index (χ0n) is 16.7. The minimum Gasteiger partial charge on any atom is -0.508 e. The zero-order valence-corrected chi connectivity index (χ0v) is 16.7. The van der Waals surface area contributed by atoms with Crippen molar-refractivity contribution in [2.45, 2.75) is 25.4 Å². The van der Waals surface area contributed by atoms with E-state index in [0.717, 1.165) is 61.2 Å². The van der Waals surface area contributed by atoms with Crippen LogP contribution in [0.5, 0.6) is 5.75 Å². The highest BCUT2D eigenvalue weighted by atomic mass is 16.3. The fourth-order valence-electron chi connectivity index (χ4n) is 4.38. The van der Waals surface area contributed by atoms with E-state index in [0.29, 0.717) is 11.9 Å². The number of aromatic hydroxyl groups is 1. The number of nitrogens with zero attached hydrogens (tertiary/aromatic N) is 6. The molecule has 0 atom stereocenters. The Bertz CT molecular complexity index is 1140. The van der Waals surface area contributed by atoms with Crippen LogP contribution in [0.2, 0.25) is 0 Å². The van der Waals surface area contributed by atoms with Crippen LogP contribution in [0.3, 0.4) is 0 Å². The topological polar surface area (TPSA) is 98.0 Å². The maximum Gasteiger partial charge on any atom is 0.146 e. The van der Waals surface area contributed by atoms with Gasteiger partial charge in [0.2, 0.25) is 0 Å². The molecule has 8 nitrogen and oxygen atoms in total. The Morgan fingerprint density at radius 2 is 2.00 bits per heavy atom. The van der Waals surface area contributed by atoms with Crippen LogP contribution >= 0.6 is 0 Å². The van der Waals surface area contributed by atoms with Crippen molar-refractivity contribution >= 4 is 16.9 Å². The van der Waals surface area contributed by atoms with Crippen molar-refractivity contribution in [2.75, 3.05) is 25.4 Å². The Morgan fingerprint density at radius 1 is 1.13 bits per heavy atom. The number of nitrogen functional groups attached to an aromatic ring is 1. The Morgan fingerprint density at radius 3 is 2.77 bits per heavy atom. The highest BCUT2D eigenvalue weighted by Gasteiger charge is 2.24. The summed E-state index contributed by atoms with van der Waals surface area (Å²) in [5.74, 6) is 0.699. The van der Waals surface area contributed by atoms with Gasteiger partial charge in [-0.25, -0.2) is 15.0 Å². The largest absolute Gasteiger partial charge is 0.508 e. The van der Waals surface area contributed by atoms with E-state index in [1.165, 1.54) is 6.33 Å². The summed E-state index contributed by atoms with van der Waals surface area (Å²) in [5, 5.41) is 10.8. The molecule has 0 spiro atoms. The molecule has 0 saturated carbocycles. The van der Waals surface area contributed by atoms with Crippen molar-refractivity contribution < 1.29 is 5.11 Å². The highest BCUT2D eigenvalue weighted by molar-refractivity contribution is 6.00. The summed E-state index contributed by atoms with van der Waals surface area (Å²) >= 11 is 0. The van der Waals surface area contributed by atoms with Gasteiger partial charge in [0.1, 0.15) is 23.5 Å². The zero-order chi connectivity index (χ0) is 20.5. The molecule has 8 heteroatoms.